The molecule has 0 spiro atoms. The van der Waals surface area contributed by atoms with Crippen LogP contribution in [0.4, 0.5) is 9.18 Å². The summed E-state index contributed by atoms with van der Waals surface area (Å²) in [5, 5.41) is -0.419. The molecule has 5 rings (SSSR count). The van der Waals surface area contributed by atoms with Crippen molar-refractivity contribution in [3.05, 3.63) is 88.1 Å². The summed E-state index contributed by atoms with van der Waals surface area (Å²) >= 11 is 0. The fraction of sp³-hybridized carbons (Fsp3) is 0.303. The number of nitrogens with zero attached hydrogens (tertiary/aromatic N) is 4. The molecule has 2 atom stereocenters. The lowest BCUT2D eigenvalue weighted by atomic mass is 9.92. The Labute approximate surface area is 266 Å². The first kappa shape index (κ1) is 32.5. The SMILES string of the molecule is COC(=O)c1cc(C)c(-c2cnc(OC)c(-c3cnc(S(C)(=O)=O)nc3CN3C(=O)O[C@H](c4cc(C)cc(F)c4)[C@@H]3C)c2)c(C)c1. The first-order valence-corrected chi connectivity index (χ1v) is 16.2. The van der Waals surface area contributed by atoms with E-state index >= 15 is 0 Å². The average molecular weight is 649 g/mol. The van der Waals surface area contributed by atoms with E-state index in [-0.39, 0.29) is 18.1 Å². The molecule has 4 aromatic rings. The van der Waals surface area contributed by atoms with Crippen molar-refractivity contribution in [3.63, 3.8) is 0 Å². The molecule has 13 heteroatoms. The van der Waals surface area contributed by atoms with E-state index in [0.717, 1.165) is 22.9 Å². The molecule has 3 heterocycles. The Bertz CT molecular complexity index is 1940. The van der Waals surface area contributed by atoms with E-state index in [1.165, 1.54) is 37.4 Å². The molecule has 240 valence electrons. The van der Waals surface area contributed by atoms with Gasteiger partial charge in [-0.2, -0.15) is 0 Å². The quantitative estimate of drug-likeness (QED) is 0.177. The standard InChI is InChI=1S/C33H33FN4O7S/c1-17-8-21(12-24(34)9-17)29-20(4)38(33(40)45-29)16-27-26(15-36-32(37-27)46(7,41)42)25-13-23(14-35-30(25)43-5)28-18(2)10-22(11-19(28)3)31(39)44-6/h8-15,20,29H,16H2,1-7H3/t20-,29-/m0/s1. The molecule has 46 heavy (non-hydrogen) atoms. The van der Waals surface area contributed by atoms with Crippen LogP contribution in [-0.2, 0) is 25.9 Å². The fourth-order valence-electron chi connectivity index (χ4n) is 5.77. The molecule has 1 amide bonds. The maximum atomic E-state index is 14.2. The molecule has 0 saturated carbocycles. The molecule has 0 N–H and O–H groups in total. The summed E-state index contributed by atoms with van der Waals surface area (Å²) < 4.78 is 55.4. The fourth-order valence-corrected chi connectivity index (χ4v) is 6.29. The number of benzene rings is 2. The largest absolute Gasteiger partial charge is 0.481 e. The van der Waals surface area contributed by atoms with Gasteiger partial charge in [0.15, 0.2) is 0 Å². The van der Waals surface area contributed by atoms with Gasteiger partial charge in [0.2, 0.25) is 20.9 Å². The number of cyclic esters (lactones) is 1. The van der Waals surface area contributed by atoms with E-state index in [4.69, 9.17) is 14.2 Å². The Hall–Kier alpha value is -4.91. The van der Waals surface area contributed by atoms with Crippen molar-refractivity contribution >= 4 is 21.9 Å². The smallest absolute Gasteiger partial charge is 0.411 e. The Morgan fingerprint density at radius 1 is 1.00 bits per heavy atom. The zero-order valence-electron chi connectivity index (χ0n) is 26.4. The lowest BCUT2D eigenvalue weighted by Gasteiger charge is -2.22. The molecule has 0 bridgehead atoms. The van der Waals surface area contributed by atoms with Gasteiger partial charge in [-0.1, -0.05) is 6.07 Å². The second-order valence-corrected chi connectivity index (χ2v) is 13.2. The van der Waals surface area contributed by atoms with Gasteiger partial charge in [-0.25, -0.2) is 37.3 Å². The molecule has 2 aromatic carbocycles. The van der Waals surface area contributed by atoms with Gasteiger partial charge in [-0.15, -0.1) is 0 Å². The van der Waals surface area contributed by atoms with E-state index in [0.29, 0.717) is 33.4 Å². The van der Waals surface area contributed by atoms with Crippen molar-refractivity contribution in [1.82, 2.24) is 19.9 Å². The highest BCUT2D eigenvalue weighted by atomic mass is 32.2. The van der Waals surface area contributed by atoms with Gasteiger partial charge in [0.25, 0.3) is 0 Å². The third-order valence-corrected chi connectivity index (χ3v) is 8.72. The topological polar surface area (TPSA) is 138 Å². The first-order chi connectivity index (χ1) is 21.7. The highest BCUT2D eigenvalue weighted by Crippen LogP contribution is 2.39. The minimum Gasteiger partial charge on any atom is -0.481 e. The zero-order valence-corrected chi connectivity index (χ0v) is 27.2. The minimum absolute atomic E-state index is 0.148. The molecule has 11 nitrogen and oxygen atoms in total. The summed E-state index contributed by atoms with van der Waals surface area (Å²) in [5.41, 5.74) is 5.74. The summed E-state index contributed by atoms with van der Waals surface area (Å²) in [7, 11) is -1.05. The zero-order chi connectivity index (χ0) is 33.5. The van der Waals surface area contributed by atoms with Gasteiger partial charge in [-0.3, -0.25) is 4.90 Å². The lowest BCUT2D eigenvalue weighted by molar-refractivity contribution is 0.0600. The van der Waals surface area contributed by atoms with Gasteiger partial charge in [0.1, 0.15) is 11.9 Å². The van der Waals surface area contributed by atoms with E-state index in [1.807, 2.05) is 19.9 Å². The highest BCUT2D eigenvalue weighted by molar-refractivity contribution is 7.90. The van der Waals surface area contributed by atoms with Crippen LogP contribution in [0.5, 0.6) is 5.88 Å². The number of carbonyl (C=O) groups excluding carboxylic acids is 2. The van der Waals surface area contributed by atoms with Gasteiger partial charge in [0, 0.05) is 35.3 Å². The maximum absolute atomic E-state index is 14.2. The van der Waals surface area contributed by atoms with Gasteiger partial charge in [0.05, 0.1) is 38.1 Å². The molecule has 1 aliphatic heterocycles. The first-order valence-electron chi connectivity index (χ1n) is 14.3. The summed E-state index contributed by atoms with van der Waals surface area (Å²) in [6.07, 6.45) is 2.56. The molecule has 1 aliphatic rings. The highest BCUT2D eigenvalue weighted by Gasteiger charge is 2.40. The molecule has 1 fully saturated rings. The Balaban J connectivity index is 1.62. The number of amides is 1. The molecule has 1 saturated heterocycles. The number of sulfone groups is 1. The van der Waals surface area contributed by atoms with Crippen molar-refractivity contribution in [1.29, 1.82) is 0 Å². The number of aromatic nitrogens is 3. The van der Waals surface area contributed by atoms with Crippen LogP contribution in [0.15, 0.2) is 53.9 Å². The Morgan fingerprint density at radius 2 is 1.70 bits per heavy atom. The molecular weight excluding hydrogens is 615 g/mol. The van der Waals surface area contributed by atoms with E-state index < -0.39 is 45.0 Å². The van der Waals surface area contributed by atoms with E-state index in [1.54, 1.807) is 38.2 Å². The number of methoxy groups -OCH3 is 2. The number of pyridine rings is 1. The minimum atomic E-state index is -3.82. The molecular formula is C33H33FN4O7S. The molecule has 0 unspecified atom stereocenters. The molecule has 2 aromatic heterocycles. The van der Waals surface area contributed by atoms with Crippen LogP contribution in [0.25, 0.3) is 22.3 Å². The number of aryl methyl sites for hydroxylation is 3. The van der Waals surface area contributed by atoms with Gasteiger partial charge in [-0.05, 0) is 85.8 Å². The normalized spacial score (nSPS) is 16.3. The number of rotatable bonds is 8. The van der Waals surface area contributed by atoms with Crippen molar-refractivity contribution in [2.75, 3.05) is 20.5 Å². The maximum Gasteiger partial charge on any atom is 0.411 e. The lowest BCUT2D eigenvalue weighted by Crippen LogP contribution is -2.32. The van der Waals surface area contributed by atoms with Crippen molar-refractivity contribution < 1.29 is 36.6 Å². The third-order valence-electron chi connectivity index (χ3n) is 7.86. The summed E-state index contributed by atoms with van der Waals surface area (Å²) in [6.45, 7) is 7.10. The van der Waals surface area contributed by atoms with E-state index in [9.17, 15) is 22.4 Å². The predicted octanol–water partition coefficient (Wildman–Crippen LogP) is 5.55. The van der Waals surface area contributed by atoms with E-state index in [2.05, 4.69) is 15.0 Å². The predicted molar refractivity (Wildman–Crippen MR) is 167 cm³/mol. The van der Waals surface area contributed by atoms with Gasteiger partial charge < -0.3 is 14.2 Å². The van der Waals surface area contributed by atoms with Crippen LogP contribution in [0.2, 0.25) is 0 Å². The van der Waals surface area contributed by atoms with Crippen molar-refractivity contribution in [2.45, 2.75) is 51.5 Å². The van der Waals surface area contributed by atoms with Crippen molar-refractivity contribution in [3.8, 4) is 28.1 Å². The second kappa shape index (κ2) is 12.5. The van der Waals surface area contributed by atoms with Crippen LogP contribution in [0.3, 0.4) is 0 Å². The number of carbonyl (C=O) groups is 2. The van der Waals surface area contributed by atoms with Crippen LogP contribution in [-0.4, -0.2) is 66.8 Å². The number of ether oxygens (including phenoxy) is 3. The summed E-state index contributed by atoms with van der Waals surface area (Å²) in [5.74, 6) is -0.687. The Morgan fingerprint density at radius 3 is 2.30 bits per heavy atom. The number of hydrogen-bond acceptors (Lipinski definition) is 10. The van der Waals surface area contributed by atoms with Crippen LogP contribution in [0, 0.1) is 26.6 Å². The number of esters is 1. The second-order valence-electron chi connectivity index (χ2n) is 11.3. The van der Waals surface area contributed by atoms with Crippen LogP contribution < -0.4 is 4.74 Å². The molecule has 0 radical (unpaired) electrons. The van der Waals surface area contributed by atoms with Crippen molar-refractivity contribution in [2.24, 2.45) is 0 Å². The average Bonchev–Trinajstić information content (AvgIpc) is 3.27. The summed E-state index contributed by atoms with van der Waals surface area (Å²) in [4.78, 5) is 39.8. The monoisotopic (exact) mass is 648 g/mol. The summed E-state index contributed by atoms with van der Waals surface area (Å²) in [6, 6.07) is 9.17. The number of hydrogen-bond donors (Lipinski definition) is 0. The van der Waals surface area contributed by atoms with Crippen LogP contribution in [0.1, 0.15) is 51.3 Å². The number of halogens is 1. The Kier molecular flexibility index (Phi) is 8.81. The molecule has 0 aliphatic carbocycles. The van der Waals surface area contributed by atoms with Gasteiger partial charge >= 0.3 is 12.1 Å². The van der Waals surface area contributed by atoms with Crippen LogP contribution >= 0.6 is 0 Å². The third kappa shape index (κ3) is 6.27.